The standard InChI is InChI=1S/C29H44O5Si/c1-21(2)35(22(3)4,23(5)6)33-20-27-29(32-19-25-15-11-8-12-16-25)26(17-28(30)34-27)31-18-24-13-9-7-10-14-24/h7-16,21-23,26-30H,17-20H2,1-6H3/t26-,27-,28?,29+/m1/s1. The van der Waals surface area contributed by atoms with Gasteiger partial charge >= 0.3 is 0 Å². The highest BCUT2D eigenvalue weighted by molar-refractivity contribution is 6.77. The summed E-state index contributed by atoms with van der Waals surface area (Å²) in [6.45, 7) is 15.0. The zero-order valence-corrected chi connectivity index (χ0v) is 23.2. The smallest absolute Gasteiger partial charge is 0.200 e. The fourth-order valence-electron chi connectivity index (χ4n) is 5.69. The maximum absolute atomic E-state index is 10.6. The van der Waals surface area contributed by atoms with E-state index < -0.39 is 20.7 Å². The van der Waals surface area contributed by atoms with Crippen LogP contribution in [0.1, 0.15) is 59.1 Å². The maximum Gasteiger partial charge on any atom is 0.200 e. The van der Waals surface area contributed by atoms with Gasteiger partial charge in [-0.1, -0.05) is 102 Å². The largest absolute Gasteiger partial charge is 0.413 e. The Kier molecular flexibility index (Phi) is 10.5. The van der Waals surface area contributed by atoms with E-state index >= 15 is 0 Å². The van der Waals surface area contributed by atoms with E-state index in [4.69, 9.17) is 18.6 Å². The summed E-state index contributed by atoms with van der Waals surface area (Å²) in [5.74, 6) is 0. The molecule has 0 spiro atoms. The lowest BCUT2D eigenvalue weighted by atomic mass is 10.0. The molecule has 1 saturated heterocycles. The minimum atomic E-state index is -2.10. The van der Waals surface area contributed by atoms with Crippen LogP contribution in [0.2, 0.25) is 16.6 Å². The van der Waals surface area contributed by atoms with Crippen molar-refractivity contribution in [3.05, 3.63) is 71.8 Å². The summed E-state index contributed by atoms with van der Waals surface area (Å²) in [4.78, 5) is 0. The van der Waals surface area contributed by atoms with E-state index in [1.165, 1.54) is 0 Å². The fourth-order valence-corrected chi connectivity index (χ4v) is 11.1. The summed E-state index contributed by atoms with van der Waals surface area (Å²) in [5.41, 5.74) is 3.57. The first-order chi connectivity index (χ1) is 16.7. The van der Waals surface area contributed by atoms with Gasteiger partial charge in [0.15, 0.2) is 14.6 Å². The van der Waals surface area contributed by atoms with Gasteiger partial charge in [-0.2, -0.15) is 0 Å². The molecule has 1 unspecified atom stereocenters. The molecule has 0 amide bonds. The summed E-state index contributed by atoms with van der Waals surface area (Å²) < 4.78 is 25.7. The molecule has 3 rings (SSSR count). The van der Waals surface area contributed by atoms with Crippen LogP contribution in [0.25, 0.3) is 0 Å². The van der Waals surface area contributed by atoms with Crippen molar-refractivity contribution < 1.29 is 23.7 Å². The predicted molar refractivity (Wildman–Crippen MR) is 143 cm³/mol. The van der Waals surface area contributed by atoms with Crippen LogP contribution >= 0.6 is 0 Å². The Labute approximate surface area is 212 Å². The Morgan fingerprint density at radius 1 is 0.800 bits per heavy atom. The van der Waals surface area contributed by atoms with Gasteiger partial charge in [-0.15, -0.1) is 0 Å². The second-order valence-electron chi connectivity index (χ2n) is 10.6. The third kappa shape index (κ3) is 7.25. The van der Waals surface area contributed by atoms with Crippen molar-refractivity contribution in [1.82, 2.24) is 0 Å². The number of hydrogen-bond acceptors (Lipinski definition) is 5. The molecule has 5 nitrogen and oxygen atoms in total. The second kappa shape index (κ2) is 13.1. The minimum absolute atomic E-state index is 0.301. The Morgan fingerprint density at radius 3 is 1.77 bits per heavy atom. The summed E-state index contributed by atoms with van der Waals surface area (Å²) in [6.07, 6.45) is -1.60. The molecule has 1 aliphatic rings. The van der Waals surface area contributed by atoms with Gasteiger partial charge in [0.1, 0.15) is 12.2 Å². The monoisotopic (exact) mass is 500 g/mol. The lowest BCUT2D eigenvalue weighted by Gasteiger charge is -2.45. The van der Waals surface area contributed by atoms with E-state index in [1.807, 2.05) is 48.5 Å². The highest BCUT2D eigenvalue weighted by Gasteiger charge is 2.47. The summed E-state index contributed by atoms with van der Waals surface area (Å²) in [6, 6.07) is 20.2. The molecule has 0 bridgehead atoms. The first kappa shape index (κ1) is 28.0. The SMILES string of the molecule is CC(C)[Si](OC[C@H]1OC(O)C[C@@H](OCc2ccccc2)[C@@H]1OCc1ccccc1)(C(C)C)C(C)C. The van der Waals surface area contributed by atoms with Crippen LogP contribution in [-0.2, 0) is 31.9 Å². The zero-order chi connectivity index (χ0) is 25.4. The van der Waals surface area contributed by atoms with Gasteiger partial charge in [-0.05, 0) is 27.8 Å². The van der Waals surface area contributed by atoms with E-state index in [9.17, 15) is 5.11 Å². The third-order valence-corrected chi connectivity index (χ3v) is 13.4. The van der Waals surface area contributed by atoms with Gasteiger partial charge in [-0.3, -0.25) is 0 Å². The van der Waals surface area contributed by atoms with Crippen molar-refractivity contribution in [2.45, 2.75) is 102 Å². The topological polar surface area (TPSA) is 57.2 Å². The quantitative estimate of drug-likeness (QED) is 0.339. The van der Waals surface area contributed by atoms with Crippen LogP contribution in [0.3, 0.4) is 0 Å². The van der Waals surface area contributed by atoms with E-state index in [1.54, 1.807) is 0 Å². The number of rotatable bonds is 12. The molecule has 35 heavy (non-hydrogen) atoms. The fraction of sp³-hybridized carbons (Fsp3) is 0.586. The van der Waals surface area contributed by atoms with Crippen molar-refractivity contribution in [3.8, 4) is 0 Å². The molecule has 194 valence electrons. The number of ether oxygens (including phenoxy) is 3. The normalized spacial score (nSPS) is 23.4. The van der Waals surface area contributed by atoms with Crippen LogP contribution < -0.4 is 0 Å². The molecule has 0 saturated carbocycles. The Balaban J connectivity index is 1.79. The van der Waals surface area contributed by atoms with E-state index in [0.717, 1.165) is 11.1 Å². The summed E-state index contributed by atoms with van der Waals surface area (Å²) in [5, 5.41) is 10.6. The number of aliphatic hydroxyl groups is 1. The van der Waals surface area contributed by atoms with Gasteiger partial charge in [0.25, 0.3) is 0 Å². The summed E-state index contributed by atoms with van der Waals surface area (Å²) >= 11 is 0. The molecule has 2 aromatic rings. The first-order valence-electron chi connectivity index (χ1n) is 13.0. The molecular formula is C29H44O5Si. The van der Waals surface area contributed by atoms with Gasteiger partial charge < -0.3 is 23.7 Å². The number of benzene rings is 2. The molecule has 1 N–H and O–H groups in total. The van der Waals surface area contributed by atoms with Gasteiger partial charge in [0.05, 0.1) is 25.9 Å². The van der Waals surface area contributed by atoms with Gasteiger partial charge in [0, 0.05) is 6.42 Å². The van der Waals surface area contributed by atoms with Crippen molar-refractivity contribution in [3.63, 3.8) is 0 Å². The number of hydrogen-bond donors (Lipinski definition) is 1. The molecule has 1 aliphatic heterocycles. The first-order valence-corrected chi connectivity index (χ1v) is 15.2. The highest BCUT2D eigenvalue weighted by Crippen LogP contribution is 2.42. The molecule has 0 aromatic heterocycles. The average molecular weight is 501 g/mol. The zero-order valence-electron chi connectivity index (χ0n) is 22.2. The second-order valence-corrected chi connectivity index (χ2v) is 16.0. The molecule has 4 atom stereocenters. The van der Waals surface area contributed by atoms with Crippen molar-refractivity contribution >= 4 is 8.32 Å². The number of aliphatic hydroxyl groups excluding tert-OH is 1. The lowest BCUT2D eigenvalue weighted by Crippen LogP contribution is -2.55. The van der Waals surface area contributed by atoms with Crippen molar-refractivity contribution in [2.75, 3.05) is 6.61 Å². The molecule has 0 aliphatic carbocycles. The van der Waals surface area contributed by atoms with Crippen molar-refractivity contribution in [2.24, 2.45) is 0 Å². The van der Waals surface area contributed by atoms with Crippen LogP contribution in [0.4, 0.5) is 0 Å². The van der Waals surface area contributed by atoms with Crippen molar-refractivity contribution in [1.29, 1.82) is 0 Å². The molecule has 1 heterocycles. The van der Waals surface area contributed by atoms with Gasteiger partial charge in [0.2, 0.25) is 0 Å². The lowest BCUT2D eigenvalue weighted by molar-refractivity contribution is -0.261. The average Bonchev–Trinajstić information content (AvgIpc) is 2.83. The summed E-state index contributed by atoms with van der Waals surface area (Å²) in [7, 11) is -2.10. The maximum atomic E-state index is 10.6. The van der Waals surface area contributed by atoms with E-state index in [2.05, 4.69) is 53.7 Å². The minimum Gasteiger partial charge on any atom is -0.413 e. The Hall–Kier alpha value is -1.54. The molecule has 6 heteroatoms. The van der Waals surface area contributed by atoms with Crippen LogP contribution in [0, 0.1) is 0 Å². The molecular weight excluding hydrogens is 456 g/mol. The predicted octanol–water partition coefficient (Wildman–Crippen LogP) is 6.46. The van der Waals surface area contributed by atoms with Gasteiger partial charge in [-0.25, -0.2) is 0 Å². The Bertz CT molecular complexity index is 836. The third-order valence-electron chi connectivity index (χ3n) is 7.30. The van der Waals surface area contributed by atoms with Crippen LogP contribution in [-0.4, -0.2) is 44.6 Å². The molecule has 2 aromatic carbocycles. The highest BCUT2D eigenvalue weighted by atomic mass is 28.4. The van der Waals surface area contributed by atoms with Crippen LogP contribution in [0.15, 0.2) is 60.7 Å². The van der Waals surface area contributed by atoms with Crippen LogP contribution in [0.5, 0.6) is 0 Å². The van der Waals surface area contributed by atoms with E-state index in [0.29, 0.717) is 42.9 Å². The molecule has 1 fully saturated rings. The van der Waals surface area contributed by atoms with E-state index in [-0.39, 0.29) is 12.2 Å². The molecule has 0 radical (unpaired) electrons. The Morgan fingerprint density at radius 2 is 1.29 bits per heavy atom.